The molecule has 0 radical (unpaired) electrons. The molecule has 1 aromatic rings. The summed E-state index contributed by atoms with van der Waals surface area (Å²) >= 11 is 8.21. The second-order valence-electron chi connectivity index (χ2n) is 4.81. The zero-order valence-corrected chi connectivity index (χ0v) is 13.0. The van der Waals surface area contributed by atoms with Crippen molar-refractivity contribution in [1.29, 1.82) is 0 Å². The highest BCUT2D eigenvalue weighted by Gasteiger charge is 2.31. The number of halogens is 4. The number of alkyl halides is 3. The van der Waals surface area contributed by atoms with Gasteiger partial charge in [-0.15, -0.1) is 0 Å². The third-order valence-electron chi connectivity index (χ3n) is 3.17. The van der Waals surface area contributed by atoms with Gasteiger partial charge >= 0.3 is 6.18 Å². The molecule has 1 fully saturated rings. The molecule has 0 heterocycles. The van der Waals surface area contributed by atoms with Crippen molar-refractivity contribution >= 4 is 38.9 Å². The number of hydrogen-bond acceptors (Lipinski definition) is 1. The van der Waals surface area contributed by atoms with E-state index in [9.17, 15) is 13.2 Å². The van der Waals surface area contributed by atoms with Crippen molar-refractivity contribution in [3.8, 4) is 0 Å². The molecular weight excluding hydrogens is 353 g/mol. The highest BCUT2D eigenvalue weighted by Crippen LogP contribution is 2.33. The lowest BCUT2D eigenvalue weighted by atomic mass is 10.2. The van der Waals surface area contributed by atoms with Crippen LogP contribution in [0.2, 0.25) is 0 Å². The van der Waals surface area contributed by atoms with E-state index in [1.54, 1.807) is 6.07 Å². The molecule has 1 aliphatic rings. The van der Waals surface area contributed by atoms with E-state index < -0.39 is 11.7 Å². The number of anilines is 1. The molecule has 7 heteroatoms. The van der Waals surface area contributed by atoms with Crippen molar-refractivity contribution in [3.05, 3.63) is 28.2 Å². The van der Waals surface area contributed by atoms with Crippen LogP contribution in [0.4, 0.5) is 18.9 Å². The van der Waals surface area contributed by atoms with Gasteiger partial charge in [-0.1, -0.05) is 28.8 Å². The van der Waals surface area contributed by atoms with Gasteiger partial charge in [-0.2, -0.15) is 13.2 Å². The predicted molar refractivity (Wildman–Crippen MR) is 80.8 cm³/mol. The molecular formula is C13H14BrF3N2S. The fourth-order valence-corrected chi connectivity index (χ4v) is 3.03. The summed E-state index contributed by atoms with van der Waals surface area (Å²) in [5.41, 5.74) is -0.389. The number of thiocarbonyl (C=S) groups is 1. The Hall–Kier alpha value is -0.820. The summed E-state index contributed by atoms with van der Waals surface area (Å²) in [6.07, 6.45) is 0.0493. The van der Waals surface area contributed by atoms with Crippen molar-refractivity contribution in [2.75, 3.05) is 5.32 Å². The molecule has 0 amide bonds. The lowest BCUT2D eigenvalue weighted by molar-refractivity contribution is -0.137. The quantitative estimate of drug-likeness (QED) is 0.742. The van der Waals surface area contributed by atoms with E-state index in [-0.39, 0.29) is 0 Å². The first kappa shape index (κ1) is 15.6. The van der Waals surface area contributed by atoms with Crippen LogP contribution in [-0.4, -0.2) is 11.2 Å². The Bertz CT molecular complexity index is 499. The maximum absolute atomic E-state index is 12.7. The Balaban J connectivity index is 2.04. The highest BCUT2D eigenvalue weighted by molar-refractivity contribution is 9.10. The number of nitrogens with one attached hydrogen (secondary N) is 2. The van der Waals surface area contributed by atoms with Gasteiger partial charge in [-0.3, -0.25) is 0 Å². The Morgan fingerprint density at radius 3 is 2.45 bits per heavy atom. The lowest BCUT2D eigenvalue weighted by Gasteiger charge is -2.17. The summed E-state index contributed by atoms with van der Waals surface area (Å²) in [5.74, 6) is 0. The van der Waals surface area contributed by atoms with Crippen LogP contribution in [-0.2, 0) is 6.18 Å². The summed E-state index contributed by atoms with van der Waals surface area (Å²) in [6, 6.07) is 3.98. The molecule has 2 N–H and O–H groups in total. The first-order chi connectivity index (χ1) is 9.34. The third kappa shape index (κ3) is 4.34. The average Bonchev–Trinajstić information content (AvgIpc) is 2.79. The third-order valence-corrected chi connectivity index (χ3v) is 3.85. The van der Waals surface area contributed by atoms with Gasteiger partial charge in [0, 0.05) is 16.2 Å². The van der Waals surface area contributed by atoms with Crippen molar-refractivity contribution in [2.24, 2.45) is 0 Å². The Morgan fingerprint density at radius 2 is 1.85 bits per heavy atom. The topological polar surface area (TPSA) is 24.1 Å². The number of rotatable bonds is 2. The van der Waals surface area contributed by atoms with Crippen LogP contribution in [0.3, 0.4) is 0 Å². The summed E-state index contributed by atoms with van der Waals surface area (Å²) in [5, 5.41) is 6.31. The van der Waals surface area contributed by atoms with E-state index >= 15 is 0 Å². The van der Waals surface area contributed by atoms with E-state index in [2.05, 4.69) is 26.6 Å². The summed E-state index contributed by atoms with van der Waals surface area (Å²) in [7, 11) is 0. The molecule has 1 aliphatic carbocycles. The van der Waals surface area contributed by atoms with E-state index in [0.717, 1.165) is 37.8 Å². The number of benzene rings is 1. The molecule has 0 unspecified atom stereocenters. The van der Waals surface area contributed by atoms with Gasteiger partial charge < -0.3 is 10.6 Å². The molecule has 20 heavy (non-hydrogen) atoms. The van der Waals surface area contributed by atoms with E-state index in [1.807, 2.05) is 0 Å². The van der Waals surface area contributed by atoms with Crippen molar-refractivity contribution in [3.63, 3.8) is 0 Å². The van der Waals surface area contributed by atoms with Gasteiger partial charge in [0.2, 0.25) is 0 Å². The van der Waals surface area contributed by atoms with Crippen LogP contribution in [0.1, 0.15) is 31.2 Å². The molecule has 0 saturated heterocycles. The molecule has 110 valence electrons. The summed E-state index contributed by atoms with van der Waals surface area (Å²) < 4.78 is 38.5. The Morgan fingerprint density at radius 1 is 1.20 bits per heavy atom. The second-order valence-corrected chi connectivity index (χ2v) is 6.13. The van der Waals surface area contributed by atoms with Gasteiger partial charge in [-0.05, 0) is 43.3 Å². The van der Waals surface area contributed by atoms with E-state index in [4.69, 9.17) is 12.2 Å². The van der Waals surface area contributed by atoms with Crippen molar-refractivity contribution in [2.45, 2.75) is 37.9 Å². The van der Waals surface area contributed by atoms with Gasteiger partial charge in [-0.25, -0.2) is 0 Å². The fourth-order valence-electron chi connectivity index (χ4n) is 2.25. The van der Waals surface area contributed by atoms with E-state index in [1.165, 1.54) is 0 Å². The molecule has 0 bridgehead atoms. The van der Waals surface area contributed by atoms with Gasteiger partial charge in [0.05, 0.1) is 5.56 Å². The first-order valence-corrected chi connectivity index (χ1v) is 7.50. The fraction of sp³-hybridized carbons (Fsp3) is 0.462. The average molecular weight is 367 g/mol. The summed E-state index contributed by atoms with van der Waals surface area (Å²) in [4.78, 5) is 0. The minimum absolute atomic E-state index is 0.321. The second kappa shape index (κ2) is 6.30. The molecule has 2 rings (SSSR count). The molecule has 0 aliphatic heterocycles. The minimum Gasteiger partial charge on any atom is -0.360 e. The molecule has 0 spiro atoms. The molecule has 2 nitrogen and oxygen atoms in total. The SMILES string of the molecule is FC(F)(F)c1cc(Br)cc(NC(=S)NC2CCCC2)c1. The smallest absolute Gasteiger partial charge is 0.360 e. The monoisotopic (exact) mass is 366 g/mol. The summed E-state index contributed by atoms with van der Waals surface area (Å²) in [6.45, 7) is 0. The highest BCUT2D eigenvalue weighted by atomic mass is 79.9. The van der Waals surface area contributed by atoms with Crippen LogP contribution in [0.15, 0.2) is 22.7 Å². The van der Waals surface area contributed by atoms with Crippen LogP contribution >= 0.6 is 28.1 Å². The van der Waals surface area contributed by atoms with Crippen LogP contribution in [0.25, 0.3) is 0 Å². The zero-order valence-electron chi connectivity index (χ0n) is 10.6. The Labute approximate surface area is 129 Å². The Kier molecular flexibility index (Phi) is 4.90. The van der Waals surface area contributed by atoms with Gasteiger partial charge in [0.25, 0.3) is 0 Å². The molecule has 0 atom stereocenters. The largest absolute Gasteiger partial charge is 0.416 e. The normalized spacial score (nSPS) is 16.2. The van der Waals surface area contributed by atoms with Gasteiger partial charge in [0.1, 0.15) is 0 Å². The zero-order chi connectivity index (χ0) is 14.8. The minimum atomic E-state index is -4.37. The maximum Gasteiger partial charge on any atom is 0.416 e. The first-order valence-electron chi connectivity index (χ1n) is 6.30. The van der Waals surface area contributed by atoms with Crippen LogP contribution in [0.5, 0.6) is 0 Å². The molecule has 1 aromatic carbocycles. The van der Waals surface area contributed by atoms with E-state index in [0.29, 0.717) is 21.3 Å². The molecule has 1 saturated carbocycles. The maximum atomic E-state index is 12.7. The van der Waals surface area contributed by atoms with Gasteiger partial charge in [0.15, 0.2) is 5.11 Å². The lowest BCUT2D eigenvalue weighted by Crippen LogP contribution is -2.35. The standard InChI is InChI=1S/C13H14BrF3N2S/c14-9-5-8(13(15,16)17)6-11(7-9)19-12(20)18-10-3-1-2-4-10/h5-7,10H,1-4H2,(H2,18,19,20). The number of hydrogen-bond donors (Lipinski definition) is 2. The van der Waals surface area contributed by atoms with Crippen molar-refractivity contribution < 1.29 is 13.2 Å². The van der Waals surface area contributed by atoms with Crippen LogP contribution in [0, 0.1) is 0 Å². The van der Waals surface area contributed by atoms with Crippen molar-refractivity contribution in [1.82, 2.24) is 5.32 Å². The molecule has 0 aromatic heterocycles. The van der Waals surface area contributed by atoms with Crippen LogP contribution < -0.4 is 10.6 Å². The predicted octanol–water partition coefficient (Wildman–Crippen LogP) is 4.70.